The van der Waals surface area contributed by atoms with E-state index in [0.717, 1.165) is 0 Å². The summed E-state index contributed by atoms with van der Waals surface area (Å²) in [6.07, 6.45) is 1.33. The summed E-state index contributed by atoms with van der Waals surface area (Å²) in [5, 5.41) is 0. The quantitative estimate of drug-likeness (QED) is 0.649. The van der Waals surface area contributed by atoms with Crippen molar-refractivity contribution in [2.45, 2.75) is 25.7 Å². The molecule has 1 aliphatic rings. The first-order valence-electron chi connectivity index (χ1n) is 5.52. The molecule has 0 aliphatic carbocycles. The number of rotatable bonds is 5. The Kier molecular flexibility index (Phi) is 5.07. The third-order valence-electron chi connectivity index (χ3n) is 2.62. The fraction of sp³-hybridized carbons (Fsp3) is 0.800. The Morgan fingerprint density at radius 3 is 2.76 bits per heavy atom. The molecule has 0 spiro atoms. The molecule has 1 fully saturated rings. The van der Waals surface area contributed by atoms with Gasteiger partial charge < -0.3 is 4.74 Å². The average molecular weight is 263 g/mol. The van der Waals surface area contributed by atoms with E-state index in [1.54, 1.807) is 0 Å². The zero-order valence-corrected chi connectivity index (χ0v) is 10.7. The lowest BCUT2D eigenvalue weighted by molar-refractivity contribution is -0.140. The van der Waals surface area contributed by atoms with Gasteiger partial charge in [-0.1, -0.05) is 0 Å². The van der Waals surface area contributed by atoms with Gasteiger partial charge in [-0.15, -0.1) is 0 Å². The smallest absolute Gasteiger partial charge is 0.305 e. The van der Waals surface area contributed by atoms with E-state index in [1.165, 1.54) is 11.4 Å². The molecule has 98 valence electrons. The van der Waals surface area contributed by atoms with Gasteiger partial charge in [0.25, 0.3) is 0 Å². The molecule has 1 rings (SSSR count). The summed E-state index contributed by atoms with van der Waals surface area (Å²) >= 11 is 0. The van der Waals surface area contributed by atoms with Crippen LogP contribution in [-0.2, 0) is 24.3 Å². The highest BCUT2D eigenvalue weighted by Gasteiger charge is 2.27. The maximum absolute atomic E-state index is 11.8. The van der Waals surface area contributed by atoms with Crippen LogP contribution in [0.3, 0.4) is 0 Å². The summed E-state index contributed by atoms with van der Waals surface area (Å²) in [5.41, 5.74) is 0. The van der Waals surface area contributed by atoms with Crippen LogP contribution >= 0.6 is 0 Å². The van der Waals surface area contributed by atoms with E-state index in [-0.39, 0.29) is 30.9 Å². The van der Waals surface area contributed by atoms with Gasteiger partial charge in [0, 0.05) is 19.4 Å². The van der Waals surface area contributed by atoms with Crippen LogP contribution in [0.1, 0.15) is 25.7 Å². The van der Waals surface area contributed by atoms with Crippen LogP contribution in [0.4, 0.5) is 0 Å². The number of ether oxygens (including phenoxy) is 1. The van der Waals surface area contributed by atoms with Gasteiger partial charge in [0.05, 0.1) is 19.4 Å². The number of carbonyl (C=O) groups is 2. The second-order valence-electron chi connectivity index (χ2n) is 3.97. The molecular weight excluding hydrogens is 246 g/mol. The van der Waals surface area contributed by atoms with Gasteiger partial charge in [0.2, 0.25) is 10.0 Å². The van der Waals surface area contributed by atoms with Crippen LogP contribution in [0.25, 0.3) is 0 Å². The molecule has 0 aromatic carbocycles. The van der Waals surface area contributed by atoms with Crippen molar-refractivity contribution >= 4 is 21.8 Å². The third kappa shape index (κ3) is 4.43. The Labute approximate surface area is 101 Å². The van der Waals surface area contributed by atoms with Gasteiger partial charge in [-0.3, -0.25) is 9.59 Å². The van der Waals surface area contributed by atoms with Crippen LogP contribution in [0.15, 0.2) is 0 Å². The number of nitrogens with zero attached hydrogens (tertiary/aromatic N) is 1. The lowest BCUT2D eigenvalue weighted by atomic mass is 10.1. The highest BCUT2D eigenvalue weighted by atomic mass is 32.2. The first-order valence-corrected chi connectivity index (χ1v) is 7.13. The molecule has 0 bridgehead atoms. The molecule has 0 N–H and O–H groups in total. The third-order valence-corrected chi connectivity index (χ3v) is 4.52. The van der Waals surface area contributed by atoms with Gasteiger partial charge in [-0.25, -0.2) is 8.42 Å². The molecule has 0 aromatic rings. The highest BCUT2D eigenvalue weighted by Crippen LogP contribution is 2.12. The van der Waals surface area contributed by atoms with Crippen molar-refractivity contribution in [3.8, 4) is 0 Å². The van der Waals surface area contributed by atoms with E-state index >= 15 is 0 Å². The molecule has 0 amide bonds. The minimum atomic E-state index is -3.42. The molecule has 0 radical (unpaired) electrons. The second-order valence-corrected chi connectivity index (χ2v) is 6.06. The van der Waals surface area contributed by atoms with Crippen molar-refractivity contribution in [2.75, 3.05) is 26.0 Å². The van der Waals surface area contributed by atoms with E-state index in [0.29, 0.717) is 19.4 Å². The summed E-state index contributed by atoms with van der Waals surface area (Å²) in [7, 11) is -2.15. The second kappa shape index (κ2) is 6.11. The number of hydrogen-bond donors (Lipinski definition) is 0. The molecule has 1 aliphatic heterocycles. The highest BCUT2D eigenvalue weighted by molar-refractivity contribution is 7.89. The Bertz CT molecular complexity index is 390. The fourth-order valence-corrected chi connectivity index (χ4v) is 3.19. The van der Waals surface area contributed by atoms with Crippen LogP contribution < -0.4 is 0 Å². The zero-order chi connectivity index (χ0) is 12.9. The van der Waals surface area contributed by atoms with E-state index in [2.05, 4.69) is 4.74 Å². The van der Waals surface area contributed by atoms with E-state index in [9.17, 15) is 18.0 Å². The molecule has 17 heavy (non-hydrogen) atoms. The van der Waals surface area contributed by atoms with Gasteiger partial charge in [-0.2, -0.15) is 4.31 Å². The minimum absolute atomic E-state index is 0.0272. The summed E-state index contributed by atoms with van der Waals surface area (Å²) in [4.78, 5) is 22.0. The lowest BCUT2D eigenvalue weighted by Gasteiger charge is -2.24. The minimum Gasteiger partial charge on any atom is -0.469 e. The number of piperidine rings is 1. The molecule has 0 atom stereocenters. The maximum atomic E-state index is 11.8. The van der Waals surface area contributed by atoms with Gasteiger partial charge in [0.15, 0.2) is 0 Å². The first kappa shape index (κ1) is 14.1. The van der Waals surface area contributed by atoms with E-state index in [1.807, 2.05) is 0 Å². The van der Waals surface area contributed by atoms with E-state index in [4.69, 9.17) is 0 Å². The monoisotopic (exact) mass is 263 g/mol. The standard InChI is InChI=1S/C10H17NO5S/c1-16-10(13)5-3-7-17(14,15)11-6-2-4-9(12)8-11/h2-8H2,1H3. The van der Waals surface area contributed by atoms with Gasteiger partial charge in [0.1, 0.15) is 5.78 Å². The number of methoxy groups -OCH3 is 1. The maximum Gasteiger partial charge on any atom is 0.305 e. The molecule has 6 nitrogen and oxygen atoms in total. The van der Waals surface area contributed by atoms with Crippen molar-refractivity contribution in [1.82, 2.24) is 4.31 Å². The number of sulfonamides is 1. The molecular formula is C10H17NO5S. The van der Waals surface area contributed by atoms with Crippen LogP contribution in [0, 0.1) is 0 Å². The van der Waals surface area contributed by atoms with Crippen molar-refractivity contribution in [3.63, 3.8) is 0 Å². The fourth-order valence-electron chi connectivity index (χ4n) is 1.67. The number of hydrogen-bond acceptors (Lipinski definition) is 5. The lowest BCUT2D eigenvalue weighted by Crippen LogP contribution is -2.41. The Hall–Kier alpha value is -0.950. The van der Waals surface area contributed by atoms with E-state index < -0.39 is 16.0 Å². The number of Topliss-reactive ketones (excluding diaryl/α,β-unsaturated/α-hetero) is 1. The van der Waals surface area contributed by atoms with Crippen molar-refractivity contribution in [1.29, 1.82) is 0 Å². The normalized spacial score (nSPS) is 18.1. The van der Waals surface area contributed by atoms with Gasteiger partial charge >= 0.3 is 5.97 Å². The summed E-state index contributed by atoms with van der Waals surface area (Å²) in [6.45, 7) is 0.368. The van der Waals surface area contributed by atoms with Crippen molar-refractivity contribution in [2.24, 2.45) is 0 Å². The first-order chi connectivity index (χ1) is 7.95. The molecule has 0 saturated carbocycles. The predicted octanol–water partition coefficient (Wildman–Crippen LogP) is -0.0657. The molecule has 7 heteroatoms. The largest absolute Gasteiger partial charge is 0.469 e. The molecule has 0 unspecified atom stereocenters. The molecule has 1 saturated heterocycles. The Morgan fingerprint density at radius 1 is 1.47 bits per heavy atom. The average Bonchev–Trinajstić information content (AvgIpc) is 2.28. The van der Waals surface area contributed by atoms with Crippen LogP contribution in [-0.4, -0.2) is 50.4 Å². The number of carbonyl (C=O) groups excluding carboxylic acids is 2. The van der Waals surface area contributed by atoms with Crippen molar-refractivity contribution in [3.05, 3.63) is 0 Å². The molecule has 0 aromatic heterocycles. The summed E-state index contributed by atoms with van der Waals surface area (Å²) in [6, 6.07) is 0. The SMILES string of the molecule is COC(=O)CCCS(=O)(=O)N1CCCC(=O)C1. The Morgan fingerprint density at radius 2 is 2.18 bits per heavy atom. The van der Waals surface area contributed by atoms with Gasteiger partial charge in [-0.05, 0) is 12.8 Å². The predicted molar refractivity (Wildman–Crippen MR) is 60.9 cm³/mol. The van der Waals surface area contributed by atoms with Crippen LogP contribution in [0.2, 0.25) is 0 Å². The number of ketones is 1. The summed E-state index contributed by atoms with van der Waals surface area (Å²) in [5.74, 6) is -0.585. The number of esters is 1. The Balaban J connectivity index is 2.45. The van der Waals surface area contributed by atoms with Crippen LogP contribution in [0.5, 0.6) is 0 Å². The van der Waals surface area contributed by atoms with Crippen molar-refractivity contribution < 1.29 is 22.7 Å². The molecule has 1 heterocycles. The summed E-state index contributed by atoms with van der Waals surface area (Å²) < 4.78 is 29.3. The zero-order valence-electron chi connectivity index (χ0n) is 9.85. The topological polar surface area (TPSA) is 80.8 Å².